The molecule has 0 spiro atoms. The number of carbonyl (C=O) groups is 2. The average Bonchev–Trinajstić information content (AvgIpc) is 2.89. The first kappa shape index (κ1) is 18.6. The largest absolute Gasteiger partial charge is 0.416 e. The van der Waals surface area contributed by atoms with Crippen molar-refractivity contribution in [3.8, 4) is 0 Å². The standard InChI is InChI=1S/C19H21F3N2O2/c20-19(21,22)14-7-4-8-15(11-14)24-17(25)12-16(18(24)26)23-10-9-13-5-2-1-3-6-13/h4-5,7-8,11,16,23H,1-3,6,9-10,12H2/p+1/t16-/m0/s1. The van der Waals surface area contributed by atoms with Crippen molar-refractivity contribution >= 4 is 17.5 Å². The zero-order valence-electron chi connectivity index (χ0n) is 14.4. The number of rotatable bonds is 5. The van der Waals surface area contributed by atoms with E-state index < -0.39 is 29.6 Å². The first-order valence-electron chi connectivity index (χ1n) is 8.91. The van der Waals surface area contributed by atoms with Crippen molar-refractivity contribution in [3.63, 3.8) is 0 Å². The fraction of sp³-hybridized carbons (Fsp3) is 0.474. The van der Waals surface area contributed by atoms with E-state index in [9.17, 15) is 22.8 Å². The summed E-state index contributed by atoms with van der Waals surface area (Å²) in [6, 6.07) is 3.80. The van der Waals surface area contributed by atoms with Crippen LogP contribution in [0.4, 0.5) is 18.9 Å². The number of quaternary nitrogens is 1. The number of alkyl halides is 3. The maximum absolute atomic E-state index is 12.9. The van der Waals surface area contributed by atoms with Crippen molar-refractivity contribution in [3.05, 3.63) is 41.5 Å². The second-order valence-corrected chi connectivity index (χ2v) is 6.81. The van der Waals surface area contributed by atoms with Crippen LogP contribution in [0.5, 0.6) is 0 Å². The van der Waals surface area contributed by atoms with E-state index in [1.165, 1.54) is 30.5 Å². The molecule has 1 fully saturated rings. The number of imide groups is 1. The maximum atomic E-state index is 12.9. The number of anilines is 1. The number of amides is 2. The summed E-state index contributed by atoms with van der Waals surface area (Å²) in [5.74, 6) is -0.889. The van der Waals surface area contributed by atoms with Gasteiger partial charge in [0.1, 0.15) is 0 Å². The number of nitrogens with two attached hydrogens (primary N) is 1. The van der Waals surface area contributed by atoms with Crippen molar-refractivity contribution in [2.75, 3.05) is 11.4 Å². The quantitative estimate of drug-likeness (QED) is 0.643. The highest BCUT2D eigenvalue weighted by Crippen LogP contribution is 2.32. The molecule has 1 aromatic rings. The molecular formula is C19H22F3N2O2+. The van der Waals surface area contributed by atoms with Crippen molar-refractivity contribution in [2.45, 2.75) is 50.7 Å². The first-order chi connectivity index (χ1) is 12.4. The van der Waals surface area contributed by atoms with Crippen LogP contribution in [0.25, 0.3) is 0 Å². The minimum Gasteiger partial charge on any atom is -0.335 e. The molecule has 3 rings (SSSR count). The summed E-state index contributed by atoms with van der Waals surface area (Å²) < 4.78 is 38.6. The summed E-state index contributed by atoms with van der Waals surface area (Å²) in [7, 11) is 0. The zero-order chi connectivity index (χ0) is 18.7. The lowest BCUT2D eigenvalue weighted by Gasteiger charge is -2.16. The lowest BCUT2D eigenvalue weighted by atomic mass is 9.97. The van der Waals surface area contributed by atoms with E-state index in [0.717, 1.165) is 36.3 Å². The van der Waals surface area contributed by atoms with Gasteiger partial charge >= 0.3 is 6.18 Å². The molecular weight excluding hydrogens is 345 g/mol. The number of halogens is 3. The molecule has 1 aliphatic heterocycles. The number of nitrogens with zero attached hydrogens (tertiary/aromatic N) is 1. The van der Waals surface area contributed by atoms with Crippen LogP contribution in [-0.4, -0.2) is 24.4 Å². The summed E-state index contributed by atoms with van der Waals surface area (Å²) in [5.41, 5.74) is 0.506. The molecule has 0 bridgehead atoms. The molecule has 1 aliphatic carbocycles. The van der Waals surface area contributed by atoms with Crippen LogP contribution >= 0.6 is 0 Å². The van der Waals surface area contributed by atoms with Gasteiger partial charge in [0.2, 0.25) is 5.91 Å². The predicted molar refractivity (Wildman–Crippen MR) is 90.3 cm³/mol. The van der Waals surface area contributed by atoms with Gasteiger partial charge in [-0.25, -0.2) is 4.90 Å². The van der Waals surface area contributed by atoms with Crippen LogP contribution in [-0.2, 0) is 15.8 Å². The number of hydrogen-bond donors (Lipinski definition) is 1. The van der Waals surface area contributed by atoms with E-state index in [4.69, 9.17) is 0 Å². The third-order valence-corrected chi connectivity index (χ3v) is 4.91. The van der Waals surface area contributed by atoms with Gasteiger partial charge in [0.25, 0.3) is 5.91 Å². The Morgan fingerprint density at radius 1 is 1.19 bits per heavy atom. The minimum absolute atomic E-state index is 0.0132. The van der Waals surface area contributed by atoms with E-state index in [-0.39, 0.29) is 12.1 Å². The Balaban J connectivity index is 1.64. The normalized spacial score (nSPS) is 21.3. The highest BCUT2D eigenvalue weighted by atomic mass is 19.4. The topological polar surface area (TPSA) is 54.0 Å². The molecule has 0 radical (unpaired) electrons. The number of hydrogen-bond acceptors (Lipinski definition) is 2. The molecule has 0 saturated carbocycles. The lowest BCUT2D eigenvalue weighted by molar-refractivity contribution is -0.674. The number of benzene rings is 1. The summed E-state index contributed by atoms with van der Waals surface area (Å²) in [4.78, 5) is 25.6. The van der Waals surface area contributed by atoms with Gasteiger partial charge in [-0.05, 0) is 43.9 Å². The molecule has 7 heteroatoms. The van der Waals surface area contributed by atoms with Crippen LogP contribution in [0, 0.1) is 0 Å². The van der Waals surface area contributed by atoms with Gasteiger partial charge < -0.3 is 5.32 Å². The van der Waals surface area contributed by atoms with Crippen molar-refractivity contribution < 1.29 is 28.1 Å². The van der Waals surface area contributed by atoms with Gasteiger partial charge in [-0.3, -0.25) is 9.59 Å². The third kappa shape index (κ3) is 4.15. The summed E-state index contributed by atoms with van der Waals surface area (Å²) in [6.45, 7) is 0.700. The second kappa shape index (κ2) is 7.61. The molecule has 0 aromatic heterocycles. The van der Waals surface area contributed by atoms with Crippen LogP contribution in [0.3, 0.4) is 0 Å². The molecule has 1 heterocycles. The first-order valence-corrected chi connectivity index (χ1v) is 8.91. The van der Waals surface area contributed by atoms with Gasteiger partial charge in [0, 0.05) is 6.42 Å². The molecule has 26 heavy (non-hydrogen) atoms. The zero-order valence-corrected chi connectivity index (χ0v) is 14.4. The van der Waals surface area contributed by atoms with Gasteiger partial charge in [0.15, 0.2) is 6.04 Å². The Bertz CT molecular complexity index is 728. The van der Waals surface area contributed by atoms with Gasteiger partial charge in [0.05, 0.1) is 24.2 Å². The minimum atomic E-state index is -4.51. The maximum Gasteiger partial charge on any atom is 0.416 e. The van der Waals surface area contributed by atoms with Gasteiger partial charge in [-0.15, -0.1) is 0 Å². The van der Waals surface area contributed by atoms with Crippen LogP contribution in [0.1, 0.15) is 44.1 Å². The van der Waals surface area contributed by atoms with Gasteiger partial charge in [-0.2, -0.15) is 13.2 Å². The molecule has 4 nitrogen and oxygen atoms in total. The highest BCUT2D eigenvalue weighted by molar-refractivity contribution is 6.21. The Kier molecular flexibility index (Phi) is 5.46. The van der Waals surface area contributed by atoms with Crippen molar-refractivity contribution in [1.82, 2.24) is 0 Å². The van der Waals surface area contributed by atoms with E-state index in [1.807, 2.05) is 5.32 Å². The molecule has 2 amide bonds. The summed E-state index contributed by atoms with van der Waals surface area (Å²) in [6.07, 6.45) is 3.22. The Morgan fingerprint density at radius 3 is 2.69 bits per heavy atom. The fourth-order valence-corrected chi connectivity index (χ4v) is 3.53. The Labute approximate surface area is 150 Å². The molecule has 2 N–H and O–H groups in total. The number of carbonyl (C=O) groups excluding carboxylic acids is 2. The molecule has 1 aromatic carbocycles. The second-order valence-electron chi connectivity index (χ2n) is 6.81. The Morgan fingerprint density at radius 2 is 2.00 bits per heavy atom. The molecule has 140 valence electrons. The van der Waals surface area contributed by atoms with Gasteiger partial charge in [-0.1, -0.05) is 17.7 Å². The lowest BCUT2D eigenvalue weighted by Crippen LogP contribution is -2.91. The van der Waals surface area contributed by atoms with Crippen LogP contribution in [0.2, 0.25) is 0 Å². The predicted octanol–water partition coefficient (Wildman–Crippen LogP) is 2.79. The smallest absolute Gasteiger partial charge is 0.335 e. The van der Waals surface area contributed by atoms with E-state index in [1.54, 1.807) is 0 Å². The van der Waals surface area contributed by atoms with Crippen molar-refractivity contribution in [2.24, 2.45) is 0 Å². The van der Waals surface area contributed by atoms with E-state index >= 15 is 0 Å². The number of allylic oxidation sites excluding steroid dienone is 1. The molecule has 1 saturated heterocycles. The fourth-order valence-electron chi connectivity index (χ4n) is 3.53. The van der Waals surface area contributed by atoms with Crippen molar-refractivity contribution in [1.29, 1.82) is 0 Å². The molecule has 0 unspecified atom stereocenters. The third-order valence-electron chi connectivity index (χ3n) is 4.91. The van der Waals surface area contributed by atoms with Crippen LogP contribution in [0.15, 0.2) is 35.9 Å². The Hall–Kier alpha value is -2.15. The van der Waals surface area contributed by atoms with E-state index in [0.29, 0.717) is 6.54 Å². The SMILES string of the molecule is O=C1C[C@H]([NH2+]CCC2=CCCCC2)C(=O)N1c1cccc(C(F)(F)F)c1. The molecule has 1 atom stereocenters. The summed E-state index contributed by atoms with van der Waals surface area (Å²) in [5, 5.41) is 1.84. The highest BCUT2D eigenvalue weighted by Gasteiger charge is 2.42. The van der Waals surface area contributed by atoms with E-state index in [2.05, 4.69) is 6.08 Å². The summed E-state index contributed by atoms with van der Waals surface area (Å²) >= 11 is 0. The van der Waals surface area contributed by atoms with Crippen LogP contribution < -0.4 is 10.2 Å². The average molecular weight is 367 g/mol. The monoisotopic (exact) mass is 367 g/mol. The molecule has 2 aliphatic rings.